The molecule has 6 aromatic rings. The summed E-state index contributed by atoms with van der Waals surface area (Å²) in [7, 11) is 1.40. The second-order valence-electron chi connectivity index (χ2n) is 28.2. The third kappa shape index (κ3) is 29.9. The smallest absolute Gasteiger partial charge is 1.00 e. The van der Waals surface area contributed by atoms with Crippen molar-refractivity contribution in [3.05, 3.63) is 189 Å². The van der Waals surface area contributed by atoms with E-state index in [0.717, 1.165) is 121 Å². The number of carboxylic acid groups (broad SMARTS) is 4. The van der Waals surface area contributed by atoms with Gasteiger partial charge in [0.25, 0.3) is 12.4 Å². The molecule has 12 N–H and O–H groups in total. The Morgan fingerprint density at radius 3 is 1.01 bits per heavy atom. The van der Waals surface area contributed by atoms with Crippen molar-refractivity contribution in [2.45, 2.75) is 110 Å². The van der Waals surface area contributed by atoms with Gasteiger partial charge in [0, 0.05) is 103 Å². The van der Waals surface area contributed by atoms with Crippen molar-refractivity contribution >= 4 is 119 Å². The quantitative estimate of drug-likeness (QED) is 0.00943. The second kappa shape index (κ2) is 51.8. The van der Waals surface area contributed by atoms with Crippen molar-refractivity contribution in [3.63, 3.8) is 0 Å². The number of aromatic nitrogens is 4. The largest absolute Gasteiger partial charge is 1.00 e. The minimum absolute atomic E-state index is 0. The number of nitrogens with one attached hydrogen (secondary N) is 3. The van der Waals surface area contributed by atoms with Crippen LogP contribution in [0.15, 0.2) is 156 Å². The van der Waals surface area contributed by atoms with Gasteiger partial charge >= 0.3 is 133 Å². The first-order valence-corrected chi connectivity index (χ1v) is 39.1. The topological polar surface area (TPSA) is 485 Å². The van der Waals surface area contributed by atoms with Gasteiger partial charge in [0.1, 0.15) is 0 Å². The summed E-state index contributed by atoms with van der Waals surface area (Å²) in [5, 5.41) is 52.1. The van der Waals surface area contributed by atoms with Crippen molar-refractivity contribution in [1.29, 1.82) is 0 Å². The van der Waals surface area contributed by atoms with Gasteiger partial charge in [-0.05, 0) is 195 Å². The van der Waals surface area contributed by atoms with Gasteiger partial charge in [-0.3, -0.25) is 77.5 Å². The molecule has 9 unspecified atom stereocenters. The van der Waals surface area contributed by atoms with Gasteiger partial charge in [-0.15, -0.1) is 0 Å². The number of hydrogen-bond acceptors (Lipinski definition) is 22. The molecule has 34 heteroatoms. The minimum atomic E-state index is -0.931. The molecule has 8 bridgehead atoms. The average molecular weight is 1820 g/mol. The van der Waals surface area contributed by atoms with E-state index >= 15 is 0 Å². The van der Waals surface area contributed by atoms with Gasteiger partial charge in [-0.1, -0.05) is 96.3 Å². The maximum Gasteiger partial charge on any atom is 1.00 e. The first kappa shape index (κ1) is 100. The Kier molecular flexibility index (Phi) is 45.4. The van der Waals surface area contributed by atoms with Crippen molar-refractivity contribution in [2.75, 3.05) is 19.0 Å². The molecule has 604 valence electrons. The van der Waals surface area contributed by atoms with Crippen LogP contribution in [0.4, 0.5) is 0 Å². The molecule has 0 aliphatic heterocycles. The van der Waals surface area contributed by atoms with E-state index in [2.05, 4.69) is 88.6 Å². The van der Waals surface area contributed by atoms with Crippen molar-refractivity contribution in [1.82, 2.24) is 42.0 Å². The Balaban J connectivity index is 0.000000362. The van der Waals surface area contributed by atoms with Gasteiger partial charge in [0.2, 0.25) is 17.7 Å². The number of carbonyl (C=O) groups is 12. The van der Waals surface area contributed by atoms with Gasteiger partial charge in [-0.25, -0.2) is 0 Å². The molecular weight excluding hydrogens is 1720 g/mol. The number of aliphatic carboxylic acids is 4. The summed E-state index contributed by atoms with van der Waals surface area (Å²) in [5.74, 6) is -6.41. The molecule has 2 aromatic carbocycles. The monoisotopic (exact) mass is 1820 g/mol. The number of carbonyl (C=O) groups excluding carboxylic acids is 8. The van der Waals surface area contributed by atoms with E-state index in [9.17, 15) is 53.1 Å². The number of halogens is 3. The van der Waals surface area contributed by atoms with Crippen LogP contribution in [0.5, 0.6) is 0 Å². The molecule has 3 amide bonds. The van der Waals surface area contributed by atoms with Crippen LogP contribution in [-0.4, -0.2) is 131 Å². The van der Waals surface area contributed by atoms with Crippen LogP contribution in [0.3, 0.4) is 0 Å². The van der Waals surface area contributed by atoms with E-state index < -0.39 is 59.4 Å². The standard InChI is InChI=1S/C23H23BrN2O4.C16H20N2O3.C15H18N2O3.C9H12O4.C8H6Br2O.C6H8N2.C2H4O2.CH2O3.2K.H3N.H/c24-18-7-5-15(6-8-18)19(27)13-30-23(29)21-17-4-3-16(10-17)20(21)22(28)26-12-14-2-1-9-25-11-14;1-21-16(20)14-12-5-4-11(7-12)13(14)15(19)18-9-10-3-2-6-17-8-10;18-14(17-8-9-2-1-5-16-7-9)12-10-3-4-11(6-10)13(12)15(19)20;10-8(11)6-4-1-2-5(3-4)7(6)9(12)13;9-5-8(11)6-1-3-7(10)4-2-6;7-4-6-2-1-3-8-5-6;1-2(3)4;2-1-4-3;;;;/h1-2,5-9,11,16-17,20-21H,3-4,10,12-13H2,(H,26,28);2-3,6,8,11-14H,4-5,7,9H2,1H3,(H,18,19);1-2,5,7,10-13H,3-4,6,8H2,(H,17,18)(H,19,20);4-7H,1-3H2,(H,10,11)(H,12,13);1-4H,5H2;1-3,5H,4,7H2;1H3,(H,3,4);1,3H;;;1H3;/q;;;;;;;;2*+1;;-1/p-1/t16?,17?,20-,21-;11?,12?,13-,14?;10?,11?,12-,13-;4?,5?,6-,7-;;;;;;;;/m0000......../s1. The van der Waals surface area contributed by atoms with Crippen LogP contribution in [-0.2, 0) is 88.5 Å². The zero-order valence-electron chi connectivity index (χ0n) is 64.9. The maximum atomic E-state index is 12.9. The maximum absolute atomic E-state index is 12.9. The molecule has 4 aromatic heterocycles. The predicted octanol–water partition coefficient (Wildman–Crippen LogP) is 3.72. The Labute approximate surface area is 772 Å². The summed E-state index contributed by atoms with van der Waals surface area (Å²) >= 11 is 9.73. The van der Waals surface area contributed by atoms with Crippen LogP contribution in [0, 0.1) is 94.7 Å². The number of fused-ring (bicyclic) bond motifs is 8. The number of benzene rings is 2. The number of ether oxygens (including phenoxy) is 2. The summed E-state index contributed by atoms with van der Waals surface area (Å²) < 4.78 is 12.1. The number of pyridine rings is 4. The molecule has 114 heavy (non-hydrogen) atoms. The van der Waals surface area contributed by atoms with E-state index in [4.69, 9.17) is 45.4 Å². The SMILES string of the molecule is CC(=O)O.COC(=O)C1C2CCC(C2)[C@@H]1C(=O)NCc1cccnc1.N.NCc1cccnc1.O=C(CBr)c1ccc(Br)cc1.O=C(COC(=O)[C@H]1C2CCC(C2)[C@@H]1C(=O)NCc1cccnc1)c1ccc(Br)cc1.O=C(O)[C@H]1C2CCC(C2)[C@@H]1C(=O)NCc1cccnc1.O=C(O)[C@H]1C2CCC(C2)[C@@H]1C(=O)O.O=CO[O-].[H-].[K+].[K+]. The number of rotatable bonds is 21. The first-order valence-electron chi connectivity index (χ1n) is 36.4. The number of esters is 2. The Morgan fingerprint density at radius 2 is 0.746 bits per heavy atom. The van der Waals surface area contributed by atoms with E-state index in [1.807, 2.05) is 60.7 Å². The van der Waals surface area contributed by atoms with E-state index in [1.54, 1.807) is 86.0 Å². The zero-order valence-corrected chi connectivity index (χ0v) is 74.9. The number of carboxylic acids is 4. The Bertz CT molecular complexity index is 4060. The summed E-state index contributed by atoms with van der Waals surface area (Å²) in [6, 6.07) is 29.3. The van der Waals surface area contributed by atoms with Gasteiger partial charge < -0.3 is 69.3 Å². The predicted molar refractivity (Wildman–Crippen MR) is 415 cm³/mol. The molecule has 0 spiro atoms. The zero-order chi connectivity index (χ0) is 80.7. The summed E-state index contributed by atoms with van der Waals surface area (Å²) in [5.41, 5.74) is 10.4. The van der Waals surface area contributed by atoms with Crippen LogP contribution >= 0.6 is 47.8 Å². The number of nitrogens with two attached hydrogens (primary N) is 1. The minimum Gasteiger partial charge on any atom is -1.00 e. The third-order valence-corrected chi connectivity index (χ3v) is 23.1. The molecule has 8 saturated carbocycles. The van der Waals surface area contributed by atoms with Crippen LogP contribution in [0.2, 0.25) is 0 Å². The fraction of sp³-hybridized carbons (Fsp3) is 0.450. The third-order valence-electron chi connectivity index (χ3n) is 21.5. The number of nitrogens with zero attached hydrogens (tertiary/aromatic N) is 4. The van der Waals surface area contributed by atoms with Crippen molar-refractivity contribution in [2.24, 2.45) is 100 Å². The number of ketones is 2. The molecule has 0 saturated heterocycles. The molecule has 29 nitrogen and oxygen atoms in total. The summed E-state index contributed by atoms with van der Waals surface area (Å²) in [6.45, 7) is 2.41. The number of alkyl halides is 1. The Morgan fingerprint density at radius 1 is 0.474 bits per heavy atom. The number of amides is 3. The van der Waals surface area contributed by atoms with Crippen LogP contribution < -0.4 is 136 Å². The number of hydrogen-bond donors (Lipinski definition) is 9. The summed E-state index contributed by atoms with van der Waals surface area (Å²) in [4.78, 5) is 155. The molecule has 8 aliphatic carbocycles. The van der Waals surface area contributed by atoms with Crippen LogP contribution in [0.25, 0.3) is 0 Å². The Hall–Kier alpha value is -6.33. The van der Waals surface area contributed by atoms with Crippen LogP contribution in [0.1, 0.15) is 128 Å². The van der Waals surface area contributed by atoms with Gasteiger partial charge in [-0.2, -0.15) is 0 Å². The summed E-state index contributed by atoms with van der Waals surface area (Å²) in [6.07, 6.45) is 24.9. The molecular formula is C80H96Br3K2N9O20. The second-order valence-corrected chi connectivity index (χ2v) is 30.6. The normalized spacial score (nSPS) is 24.2. The van der Waals surface area contributed by atoms with Crippen molar-refractivity contribution in [3.8, 4) is 0 Å². The van der Waals surface area contributed by atoms with E-state index in [0.29, 0.717) is 48.9 Å². The molecule has 0 radical (unpaired) electrons. The van der Waals surface area contributed by atoms with E-state index in [-0.39, 0.29) is 212 Å². The number of methoxy groups -OCH3 is 1. The average Bonchev–Trinajstić information content (AvgIpc) is 1.64. The fourth-order valence-electron chi connectivity index (χ4n) is 16.8. The molecule has 8 aliphatic rings. The van der Waals surface area contributed by atoms with E-state index in [1.165, 1.54) is 7.11 Å². The number of Topliss-reactive ketones (excluding diaryl/α,β-unsaturated/α-hetero) is 2. The van der Waals surface area contributed by atoms with Gasteiger partial charge in [0.05, 0.1) is 59.8 Å². The van der Waals surface area contributed by atoms with Gasteiger partial charge in [0.15, 0.2) is 18.2 Å². The molecule has 4 heterocycles. The molecule has 16 atom stereocenters. The fourth-order valence-corrected chi connectivity index (χ4v) is 17.6. The first-order chi connectivity index (χ1) is 53.3. The van der Waals surface area contributed by atoms with Crippen molar-refractivity contribution < 1.29 is 202 Å². The molecule has 8 fully saturated rings. The molecule has 14 rings (SSSR count).